The molecule has 166 valence electrons. The minimum atomic E-state index is -1.49. The van der Waals surface area contributed by atoms with E-state index in [0.717, 1.165) is 0 Å². The van der Waals surface area contributed by atoms with E-state index in [2.05, 4.69) is 4.98 Å². The Hall–Kier alpha value is -3.26. The van der Waals surface area contributed by atoms with E-state index in [4.69, 9.17) is 14.2 Å². The maximum Gasteiger partial charge on any atom is 0.323 e. The Labute approximate surface area is 181 Å². The van der Waals surface area contributed by atoms with Gasteiger partial charge < -0.3 is 19.3 Å². The average molecular weight is 429 g/mol. The number of hydrogen-bond donors (Lipinski definition) is 1. The standard InChI is InChI=1S/C23H27NO7/c1-4-29-21(19(22(27)30-5-2)23(28)31-6-3)18(17-13-12-16(25)14-24-17)20(26)15-10-8-7-9-11-15/h7-14,18-19,21,25H,4-6H2,1-3H3. The Morgan fingerprint density at radius 3 is 2.00 bits per heavy atom. The first kappa shape index (κ1) is 24.0. The van der Waals surface area contributed by atoms with Gasteiger partial charge in [-0.3, -0.25) is 19.4 Å². The van der Waals surface area contributed by atoms with Gasteiger partial charge in [-0.1, -0.05) is 30.3 Å². The van der Waals surface area contributed by atoms with Gasteiger partial charge in [0.05, 0.1) is 37.1 Å². The zero-order valence-electron chi connectivity index (χ0n) is 17.8. The Bertz CT molecular complexity index is 849. The Balaban J connectivity index is 2.62. The van der Waals surface area contributed by atoms with E-state index in [1.807, 2.05) is 0 Å². The highest BCUT2D eigenvalue weighted by Crippen LogP contribution is 2.32. The Morgan fingerprint density at radius 1 is 0.903 bits per heavy atom. The molecule has 2 aromatic rings. The van der Waals surface area contributed by atoms with E-state index in [1.54, 1.807) is 51.1 Å². The van der Waals surface area contributed by atoms with Crippen LogP contribution in [0.3, 0.4) is 0 Å². The van der Waals surface area contributed by atoms with Crippen LogP contribution in [0.1, 0.15) is 42.7 Å². The third-order valence-corrected chi connectivity index (χ3v) is 4.53. The van der Waals surface area contributed by atoms with Crippen molar-refractivity contribution in [1.29, 1.82) is 0 Å². The van der Waals surface area contributed by atoms with Gasteiger partial charge in [-0.2, -0.15) is 0 Å². The van der Waals surface area contributed by atoms with Crippen LogP contribution in [0.5, 0.6) is 5.75 Å². The zero-order valence-corrected chi connectivity index (χ0v) is 17.8. The van der Waals surface area contributed by atoms with Gasteiger partial charge in [-0.05, 0) is 32.9 Å². The normalized spacial score (nSPS) is 12.8. The van der Waals surface area contributed by atoms with E-state index in [9.17, 15) is 19.5 Å². The average Bonchev–Trinajstić information content (AvgIpc) is 2.76. The monoisotopic (exact) mass is 429 g/mol. The molecule has 8 heteroatoms. The summed E-state index contributed by atoms with van der Waals surface area (Å²) in [5, 5.41) is 9.63. The van der Waals surface area contributed by atoms with Gasteiger partial charge in [-0.25, -0.2) is 0 Å². The fourth-order valence-corrected chi connectivity index (χ4v) is 3.22. The van der Waals surface area contributed by atoms with Crippen molar-refractivity contribution in [2.45, 2.75) is 32.8 Å². The second-order valence-electron chi connectivity index (χ2n) is 6.55. The molecule has 2 rings (SSSR count). The number of esters is 2. The number of Topliss-reactive ketones (excluding diaryl/α,β-unsaturated/α-hetero) is 1. The zero-order chi connectivity index (χ0) is 22.8. The van der Waals surface area contributed by atoms with Crippen molar-refractivity contribution in [1.82, 2.24) is 4.98 Å². The van der Waals surface area contributed by atoms with Crippen molar-refractivity contribution in [2.75, 3.05) is 19.8 Å². The number of pyridine rings is 1. The van der Waals surface area contributed by atoms with Crippen LogP contribution in [0.2, 0.25) is 0 Å². The predicted molar refractivity (Wildman–Crippen MR) is 112 cm³/mol. The summed E-state index contributed by atoms with van der Waals surface area (Å²) < 4.78 is 16.0. The van der Waals surface area contributed by atoms with Crippen LogP contribution in [0, 0.1) is 5.92 Å². The van der Waals surface area contributed by atoms with Gasteiger partial charge in [0.1, 0.15) is 5.75 Å². The molecule has 0 saturated heterocycles. The van der Waals surface area contributed by atoms with Crippen LogP contribution < -0.4 is 0 Å². The number of rotatable bonds is 11. The lowest BCUT2D eigenvalue weighted by Gasteiger charge is -2.30. The molecule has 0 saturated carbocycles. The van der Waals surface area contributed by atoms with Crippen molar-refractivity contribution in [3.8, 4) is 5.75 Å². The molecule has 0 amide bonds. The number of nitrogens with zero attached hydrogens (tertiary/aromatic N) is 1. The second-order valence-corrected chi connectivity index (χ2v) is 6.55. The summed E-state index contributed by atoms with van der Waals surface area (Å²) >= 11 is 0. The summed E-state index contributed by atoms with van der Waals surface area (Å²) in [4.78, 5) is 43.2. The van der Waals surface area contributed by atoms with Crippen LogP contribution in [-0.4, -0.2) is 53.7 Å². The summed E-state index contributed by atoms with van der Waals surface area (Å²) in [6, 6.07) is 11.3. The van der Waals surface area contributed by atoms with Gasteiger partial charge in [0.2, 0.25) is 0 Å². The van der Waals surface area contributed by atoms with Crippen molar-refractivity contribution < 1.29 is 33.7 Å². The SMILES string of the molecule is CCOC(=O)C(C(=O)OCC)C(OCC)C(C(=O)c1ccccc1)c1ccc(O)cn1. The minimum Gasteiger partial charge on any atom is -0.506 e. The number of ketones is 1. The van der Waals surface area contributed by atoms with E-state index in [1.165, 1.54) is 18.3 Å². The molecular weight excluding hydrogens is 402 g/mol. The first-order valence-electron chi connectivity index (χ1n) is 10.1. The molecule has 0 aliphatic rings. The fourth-order valence-electron chi connectivity index (χ4n) is 3.22. The molecule has 1 heterocycles. The lowest BCUT2D eigenvalue weighted by Crippen LogP contribution is -2.45. The molecule has 8 nitrogen and oxygen atoms in total. The van der Waals surface area contributed by atoms with Crippen LogP contribution in [-0.2, 0) is 23.8 Å². The van der Waals surface area contributed by atoms with Crippen LogP contribution in [0.4, 0.5) is 0 Å². The van der Waals surface area contributed by atoms with Crippen molar-refractivity contribution in [3.05, 3.63) is 59.9 Å². The van der Waals surface area contributed by atoms with Crippen LogP contribution in [0.25, 0.3) is 0 Å². The Morgan fingerprint density at radius 2 is 1.52 bits per heavy atom. The Kier molecular flexibility index (Phi) is 9.14. The number of ether oxygens (including phenoxy) is 3. The molecule has 1 aromatic carbocycles. The van der Waals surface area contributed by atoms with Gasteiger partial charge in [-0.15, -0.1) is 0 Å². The van der Waals surface area contributed by atoms with E-state index in [0.29, 0.717) is 5.56 Å². The molecule has 2 unspecified atom stereocenters. The number of benzene rings is 1. The molecule has 2 atom stereocenters. The highest BCUT2D eigenvalue weighted by Gasteiger charge is 2.46. The molecule has 0 aliphatic carbocycles. The third-order valence-electron chi connectivity index (χ3n) is 4.53. The highest BCUT2D eigenvalue weighted by atomic mass is 16.6. The molecule has 0 fully saturated rings. The summed E-state index contributed by atoms with van der Waals surface area (Å²) in [6.45, 7) is 5.13. The molecule has 0 radical (unpaired) electrons. The summed E-state index contributed by atoms with van der Waals surface area (Å²) in [5.41, 5.74) is 0.599. The second kappa shape index (κ2) is 11.8. The van der Waals surface area contributed by atoms with Crippen molar-refractivity contribution in [2.24, 2.45) is 5.92 Å². The number of carbonyl (C=O) groups is 3. The molecule has 0 aliphatic heterocycles. The van der Waals surface area contributed by atoms with E-state index < -0.39 is 35.7 Å². The lowest BCUT2D eigenvalue weighted by atomic mass is 9.82. The number of carbonyl (C=O) groups excluding carboxylic acids is 3. The van der Waals surface area contributed by atoms with Crippen molar-refractivity contribution in [3.63, 3.8) is 0 Å². The molecule has 31 heavy (non-hydrogen) atoms. The number of aromatic hydroxyl groups is 1. The molecule has 1 aromatic heterocycles. The molecule has 0 spiro atoms. The number of hydrogen-bond acceptors (Lipinski definition) is 8. The van der Waals surface area contributed by atoms with Gasteiger partial charge in [0.25, 0.3) is 0 Å². The summed E-state index contributed by atoms with van der Waals surface area (Å²) in [5.74, 6) is -4.78. The van der Waals surface area contributed by atoms with E-state index >= 15 is 0 Å². The molecule has 1 N–H and O–H groups in total. The van der Waals surface area contributed by atoms with Gasteiger partial charge in [0, 0.05) is 12.2 Å². The fraction of sp³-hybridized carbons (Fsp3) is 0.391. The highest BCUT2D eigenvalue weighted by molar-refractivity contribution is 6.03. The first-order chi connectivity index (χ1) is 14.9. The van der Waals surface area contributed by atoms with Crippen LogP contribution >= 0.6 is 0 Å². The largest absolute Gasteiger partial charge is 0.506 e. The summed E-state index contributed by atoms with van der Waals surface area (Å²) in [6.07, 6.45) is -0.0410. The number of aromatic nitrogens is 1. The van der Waals surface area contributed by atoms with Crippen molar-refractivity contribution >= 4 is 17.7 Å². The molecule has 0 bridgehead atoms. The maximum absolute atomic E-state index is 13.5. The molecular formula is C23H27NO7. The first-order valence-corrected chi connectivity index (χ1v) is 10.1. The predicted octanol–water partition coefficient (Wildman–Crippen LogP) is 2.90. The maximum atomic E-state index is 13.5. The minimum absolute atomic E-state index is 0.0440. The lowest BCUT2D eigenvalue weighted by molar-refractivity contribution is -0.169. The summed E-state index contributed by atoms with van der Waals surface area (Å²) in [7, 11) is 0. The van der Waals surface area contributed by atoms with Gasteiger partial charge >= 0.3 is 11.9 Å². The quantitative estimate of drug-likeness (QED) is 0.330. The third kappa shape index (κ3) is 6.11. The van der Waals surface area contributed by atoms with E-state index in [-0.39, 0.29) is 31.3 Å². The van der Waals surface area contributed by atoms with Gasteiger partial charge in [0.15, 0.2) is 11.7 Å². The smallest absolute Gasteiger partial charge is 0.323 e. The topological polar surface area (TPSA) is 112 Å². The van der Waals surface area contributed by atoms with Crippen LogP contribution in [0.15, 0.2) is 48.7 Å².